The van der Waals surface area contributed by atoms with Gasteiger partial charge >= 0.3 is 7.82 Å². The summed E-state index contributed by atoms with van der Waals surface area (Å²) in [7, 11) is -0.256. The van der Waals surface area contributed by atoms with E-state index in [1.54, 1.807) is 0 Å². The topological polar surface area (TPSA) is 74.2 Å². The van der Waals surface area contributed by atoms with Crippen molar-refractivity contribution in [1.29, 1.82) is 0 Å². The fourth-order valence-electron chi connectivity index (χ4n) is 6.19. The SMILES string of the molecule is CCCCCCCCCCCCCCCCOCC(COP(=O)(O)OC(=C1CCC[N+]1(C)C)c1ccccc1)OCc1ccccc1. The van der Waals surface area contributed by atoms with Crippen LogP contribution in [0.1, 0.15) is 121 Å². The molecular formula is C39H63NO6P+. The molecular weight excluding hydrogens is 609 g/mol. The number of allylic oxidation sites excluding steroid dienone is 1. The monoisotopic (exact) mass is 672 g/mol. The minimum atomic E-state index is -4.45. The number of quaternary nitrogens is 1. The Morgan fingerprint density at radius 1 is 0.787 bits per heavy atom. The normalized spacial score (nSPS) is 17.4. The number of nitrogens with zero attached hydrogens (tertiary/aromatic N) is 1. The number of phosphoric acid groups is 1. The Hall–Kier alpha value is -1.99. The third-order valence-corrected chi connectivity index (χ3v) is 9.95. The van der Waals surface area contributed by atoms with Gasteiger partial charge in [0.25, 0.3) is 0 Å². The number of benzene rings is 2. The second-order valence-corrected chi connectivity index (χ2v) is 15.0. The number of phosphoric ester groups is 1. The molecule has 0 spiro atoms. The highest BCUT2D eigenvalue weighted by Gasteiger charge is 2.37. The second-order valence-electron chi connectivity index (χ2n) is 13.6. The summed E-state index contributed by atoms with van der Waals surface area (Å²) in [5.74, 6) is 0.426. The van der Waals surface area contributed by atoms with Crippen LogP contribution in [0.3, 0.4) is 0 Å². The van der Waals surface area contributed by atoms with Gasteiger partial charge in [-0.05, 0) is 12.0 Å². The molecule has 2 unspecified atom stereocenters. The van der Waals surface area contributed by atoms with E-state index in [0.717, 1.165) is 49.1 Å². The quantitative estimate of drug-likeness (QED) is 0.0464. The minimum absolute atomic E-state index is 0.116. The standard InChI is InChI=1S/C39H62NO6P/c1-4-5-6-7-8-9-10-11-12-13-14-15-16-23-31-43-33-37(44-32-35-25-19-17-20-26-35)34-45-47(41,42)46-39(36-27-21-18-22-28-36)38-29-24-30-40(38,2)3/h17-22,25-28,37H,4-16,23-24,29-34H2,1-3H3/p+1. The van der Waals surface area contributed by atoms with Gasteiger partial charge in [-0.3, -0.25) is 13.9 Å². The molecule has 1 aliphatic heterocycles. The molecule has 264 valence electrons. The van der Waals surface area contributed by atoms with Gasteiger partial charge in [0, 0.05) is 25.0 Å². The molecule has 0 radical (unpaired) electrons. The van der Waals surface area contributed by atoms with Crippen LogP contribution in [0.2, 0.25) is 0 Å². The molecule has 0 amide bonds. The van der Waals surface area contributed by atoms with E-state index >= 15 is 0 Å². The van der Waals surface area contributed by atoms with Gasteiger partial charge in [-0.25, -0.2) is 4.57 Å². The van der Waals surface area contributed by atoms with Crippen molar-refractivity contribution in [3.8, 4) is 0 Å². The summed E-state index contributed by atoms with van der Waals surface area (Å²) in [6, 6.07) is 19.4. The van der Waals surface area contributed by atoms with E-state index < -0.39 is 13.9 Å². The van der Waals surface area contributed by atoms with E-state index in [1.165, 1.54) is 77.0 Å². The molecule has 2 aromatic carbocycles. The highest BCUT2D eigenvalue weighted by molar-refractivity contribution is 7.47. The van der Waals surface area contributed by atoms with E-state index in [4.69, 9.17) is 18.5 Å². The van der Waals surface area contributed by atoms with Crippen LogP contribution in [0.4, 0.5) is 0 Å². The second kappa shape index (κ2) is 22.6. The average Bonchev–Trinajstić information content (AvgIpc) is 3.43. The van der Waals surface area contributed by atoms with Crippen LogP contribution in [0, 0.1) is 0 Å². The zero-order chi connectivity index (χ0) is 33.6. The van der Waals surface area contributed by atoms with E-state index in [1.807, 2.05) is 60.7 Å². The summed E-state index contributed by atoms with van der Waals surface area (Å²) in [4.78, 5) is 10.9. The maximum atomic E-state index is 13.3. The van der Waals surface area contributed by atoms with Crippen molar-refractivity contribution in [2.75, 3.05) is 40.5 Å². The summed E-state index contributed by atoms with van der Waals surface area (Å²) in [6.07, 6.45) is 19.7. The molecule has 1 heterocycles. The van der Waals surface area contributed by atoms with Gasteiger partial charge in [-0.15, -0.1) is 0 Å². The van der Waals surface area contributed by atoms with Crippen LogP contribution in [0.5, 0.6) is 0 Å². The molecule has 0 aliphatic carbocycles. The Morgan fingerprint density at radius 3 is 1.89 bits per heavy atom. The van der Waals surface area contributed by atoms with Gasteiger partial charge in [0.15, 0.2) is 11.5 Å². The van der Waals surface area contributed by atoms with Gasteiger partial charge in [-0.1, -0.05) is 151 Å². The molecule has 0 aromatic heterocycles. The van der Waals surface area contributed by atoms with Crippen molar-refractivity contribution >= 4 is 13.6 Å². The molecule has 2 atom stereocenters. The lowest BCUT2D eigenvalue weighted by atomic mass is 10.0. The third kappa shape index (κ3) is 16.3. The highest BCUT2D eigenvalue weighted by Crippen LogP contribution is 2.50. The highest BCUT2D eigenvalue weighted by atomic mass is 31.2. The zero-order valence-corrected chi connectivity index (χ0v) is 30.5. The van der Waals surface area contributed by atoms with Gasteiger partial charge in [0.2, 0.25) is 0 Å². The number of hydrogen-bond acceptors (Lipinski definition) is 5. The van der Waals surface area contributed by atoms with Crippen LogP contribution in [-0.2, 0) is 29.7 Å². The van der Waals surface area contributed by atoms with Crippen molar-refractivity contribution in [1.82, 2.24) is 0 Å². The van der Waals surface area contributed by atoms with Crippen LogP contribution in [-0.4, -0.2) is 55.9 Å². The van der Waals surface area contributed by atoms with E-state index in [-0.39, 0.29) is 13.2 Å². The van der Waals surface area contributed by atoms with Crippen LogP contribution in [0.15, 0.2) is 66.4 Å². The van der Waals surface area contributed by atoms with Crippen molar-refractivity contribution in [3.63, 3.8) is 0 Å². The maximum absolute atomic E-state index is 13.3. The third-order valence-electron chi connectivity index (χ3n) is 9.06. The summed E-state index contributed by atoms with van der Waals surface area (Å²) >= 11 is 0. The molecule has 2 aromatic rings. The van der Waals surface area contributed by atoms with Crippen LogP contribution >= 0.6 is 7.82 Å². The van der Waals surface area contributed by atoms with Crippen molar-refractivity contribution < 1.29 is 32.5 Å². The maximum Gasteiger partial charge on any atom is 0.527 e. The first-order chi connectivity index (χ1) is 22.8. The molecule has 1 saturated heterocycles. The van der Waals surface area contributed by atoms with E-state index in [9.17, 15) is 9.46 Å². The zero-order valence-electron chi connectivity index (χ0n) is 29.6. The largest absolute Gasteiger partial charge is 0.527 e. The molecule has 1 aliphatic rings. The minimum Gasteiger partial charge on any atom is -0.397 e. The number of ether oxygens (including phenoxy) is 2. The van der Waals surface area contributed by atoms with Gasteiger partial charge in [0.1, 0.15) is 6.10 Å². The van der Waals surface area contributed by atoms with Gasteiger partial charge in [-0.2, -0.15) is 0 Å². The Morgan fingerprint density at radius 2 is 1.34 bits per heavy atom. The average molecular weight is 673 g/mol. The van der Waals surface area contributed by atoms with Gasteiger partial charge < -0.3 is 14.0 Å². The Kier molecular flexibility index (Phi) is 19.0. The summed E-state index contributed by atoms with van der Waals surface area (Å²) in [5.41, 5.74) is 2.77. The number of hydrogen-bond donors (Lipinski definition) is 1. The van der Waals surface area contributed by atoms with E-state index in [2.05, 4.69) is 21.0 Å². The lowest BCUT2D eigenvalue weighted by molar-refractivity contribution is -0.842. The van der Waals surface area contributed by atoms with Crippen molar-refractivity contribution in [2.45, 2.75) is 122 Å². The lowest BCUT2D eigenvalue weighted by Gasteiger charge is -2.27. The fourth-order valence-corrected chi connectivity index (χ4v) is 7.04. The van der Waals surface area contributed by atoms with Crippen molar-refractivity contribution in [2.24, 2.45) is 0 Å². The Bertz CT molecular complexity index is 1170. The molecule has 1 fully saturated rings. The first-order valence-corrected chi connectivity index (χ1v) is 19.8. The first kappa shape index (κ1) is 39.4. The molecule has 1 N–H and O–H groups in total. The molecule has 7 nitrogen and oxygen atoms in total. The molecule has 0 bridgehead atoms. The number of unbranched alkanes of at least 4 members (excludes halogenated alkanes) is 13. The lowest BCUT2D eigenvalue weighted by Crippen LogP contribution is -2.34. The summed E-state index contributed by atoms with van der Waals surface area (Å²) in [6.45, 7) is 4.37. The smallest absolute Gasteiger partial charge is 0.397 e. The van der Waals surface area contributed by atoms with Gasteiger partial charge in [0.05, 0.1) is 40.5 Å². The first-order valence-electron chi connectivity index (χ1n) is 18.3. The molecule has 0 saturated carbocycles. The molecule has 3 rings (SSSR count). The number of rotatable bonds is 26. The number of likely N-dealkylation sites (tertiary alicyclic amines) is 1. The molecule has 8 heteroatoms. The Balaban J connectivity index is 1.41. The predicted octanol–water partition coefficient (Wildman–Crippen LogP) is 10.4. The fraction of sp³-hybridized carbons (Fsp3) is 0.641. The van der Waals surface area contributed by atoms with Crippen LogP contribution in [0.25, 0.3) is 5.76 Å². The van der Waals surface area contributed by atoms with Crippen LogP contribution < -0.4 is 0 Å². The Labute approximate surface area is 285 Å². The van der Waals surface area contributed by atoms with E-state index in [0.29, 0.717) is 23.5 Å². The molecule has 47 heavy (non-hydrogen) atoms. The summed E-state index contributed by atoms with van der Waals surface area (Å²) < 4.78 is 37.5. The summed E-state index contributed by atoms with van der Waals surface area (Å²) in [5, 5.41) is 0. The van der Waals surface area contributed by atoms with Crippen molar-refractivity contribution in [3.05, 3.63) is 77.5 Å². The predicted molar refractivity (Wildman–Crippen MR) is 193 cm³/mol.